The fourth-order valence-electron chi connectivity index (χ4n) is 1.28. The van der Waals surface area contributed by atoms with Gasteiger partial charge in [-0.05, 0) is 37.5 Å². The molecule has 0 fully saturated rings. The standard InChI is InChI=1S/C13H16Cl2N2O/c1-4-8(2)9(3)16-17-13(18)11-7-10(14)5-6-12(11)15/h5-8H,4H2,1-3H3,(H,17,18)/b16-9-/t8-/m1/s1. The lowest BCUT2D eigenvalue weighted by Gasteiger charge is -2.08. The summed E-state index contributed by atoms with van der Waals surface area (Å²) in [6.45, 7) is 6.00. The number of halogens is 2. The Labute approximate surface area is 117 Å². The summed E-state index contributed by atoms with van der Waals surface area (Å²) in [6, 6.07) is 4.74. The number of benzene rings is 1. The molecule has 0 aromatic heterocycles. The molecule has 1 amide bonds. The minimum absolute atomic E-state index is 0.324. The quantitative estimate of drug-likeness (QED) is 0.656. The first-order valence-corrected chi connectivity index (χ1v) is 6.50. The van der Waals surface area contributed by atoms with Gasteiger partial charge in [0.05, 0.1) is 10.6 Å². The number of amides is 1. The molecule has 3 nitrogen and oxygen atoms in total. The highest BCUT2D eigenvalue weighted by molar-refractivity contribution is 6.35. The zero-order valence-electron chi connectivity index (χ0n) is 10.6. The SMILES string of the molecule is CC[C@@H](C)/C(C)=N\NC(=O)c1cc(Cl)ccc1Cl. The van der Waals surface area contributed by atoms with Crippen molar-refractivity contribution < 1.29 is 4.79 Å². The number of hydrogen-bond donors (Lipinski definition) is 1. The van der Waals surface area contributed by atoms with Crippen molar-refractivity contribution in [2.24, 2.45) is 11.0 Å². The first-order valence-electron chi connectivity index (χ1n) is 5.75. The van der Waals surface area contributed by atoms with Crippen molar-refractivity contribution in [3.05, 3.63) is 33.8 Å². The summed E-state index contributed by atoms with van der Waals surface area (Å²) in [6.07, 6.45) is 0.975. The van der Waals surface area contributed by atoms with E-state index in [0.717, 1.165) is 12.1 Å². The van der Waals surface area contributed by atoms with Crippen LogP contribution in [0.3, 0.4) is 0 Å². The Balaban J connectivity index is 2.80. The normalized spacial score (nSPS) is 13.3. The predicted molar refractivity (Wildman–Crippen MR) is 76.5 cm³/mol. The second kappa shape index (κ2) is 6.76. The average Bonchev–Trinajstić information content (AvgIpc) is 2.37. The topological polar surface area (TPSA) is 41.5 Å². The first-order chi connectivity index (χ1) is 8.45. The zero-order chi connectivity index (χ0) is 13.7. The van der Waals surface area contributed by atoms with Crippen LogP contribution in [0.4, 0.5) is 0 Å². The van der Waals surface area contributed by atoms with Crippen molar-refractivity contribution in [3.8, 4) is 0 Å². The highest BCUT2D eigenvalue weighted by atomic mass is 35.5. The van der Waals surface area contributed by atoms with Crippen molar-refractivity contribution in [3.63, 3.8) is 0 Å². The number of nitrogens with one attached hydrogen (secondary N) is 1. The van der Waals surface area contributed by atoms with Crippen LogP contribution >= 0.6 is 23.2 Å². The van der Waals surface area contributed by atoms with E-state index in [1.165, 1.54) is 6.07 Å². The van der Waals surface area contributed by atoms with E-state index in [1.807, 2.05) is 6.92 Å². The van der Waals surface area contributed by atoms with Gasteiger partial charge in [0, 0.05) is 10.7 Å². The molecule has 0 bridgehead atoms. The van der Waals surface area contributed by atoms with Gasteiger partial charge in [-0.15, -0.1) is 0 Å². The second-order valence-corrected chi connectivity index (χ2v) is 4.97. The first kappa shape index (κ1) is 15.0. The van der Waals surface area contributed by atoms with Gasteiger partial charge >= 0.3 is 0 Å². The fraction of sp³-hybridized carbons (Fsp3) is 0.385. The minimum atomic E-state index is -0.356. The van der Waals surface area contributed by atoms with E-state index in [9.17, 15) is 4.79 Å². The van der Waals surface area contributed by atoms with Gasteiger partial charge in [0.2, 0.25) is 0 Å². The number of nitrogens with zero attached hydrogens (tertiary/aromatic N) is 1. The maximum Gasteiger partial charge on any atom is 0.272 e. The molecule has 0 saturated carbocycles. The van der Waals surface area contributed by atoms with E-state index in [4.69, 9.17) is 23.2 Å². The summed E-state index contributed by atoms with van der Waals surface area (Å²) in [5, 5.41) is 4.88. The minimum Gasteiger partial charge on any atom is -0.267 e. The van der Waals surface area contributed by atoms with Crippen LogP contribution in [0.25, 0.3) is 0 Å². The Kier molecular flexibility index (Phi) is 5.63. The maximum atomic E-state index is 11.9. The molecule has 18 heavy (non-hydrogen) atoms. The van der Waals surface area contributed by atoms with Gasteiger partial charge in [0.1, 0.15) is 0 Å². The summed E-state index contributed by atoms with van der Waals surface area (Å²) < 4.78 is 0. The van der Waals surface area contributed by atoms with Crippen LogP contribution < -0.4 is 5.43 Å². The maximum absolute atomic E-state index is 11.9. The smallest absolute Gasteiger partial charge is 0.267 e. The summed E-state index contributed by atoms with van der Waals surface area (Å²) >= 11 is 11.8. The molecule has 0 spiro atoms. The molecule has 98 valence electrons. The molecule has 0 heterocycles. The summed E-state index contributed by atoms with van der Waals surface area (Å²) in [4.78, 5) is 11.9. The lowest BCUT2D eigenvalue weighted by molar-refractivity contribution is 0.0954. The molecule has 0 aliphatic rings. The van der Waals surface area contributed by atoms with Gasteiger partial charge in [0.25, 0.3) is 5.91 Å². The number of rotatable bonds is 4. The Bertz CT molecular complexity index is 472. The van der Waals surface area contributed by atoms with Gasteiger partial charge in [-0.3, -0.25) is 4.79 Å². The predicted octanol–water partition coefficient (Wildman–Crippen LogP) is 4.15. The van der Waals surface area contributed by atoms with E-state index >= 15 is 0 Å². The molecule has 1 atom stereocenters. The van der Waals surface area contributed by atoms with Crippen LogP contribution in [0.1, 0.15) is 37.6 Å². The Morgan fingerprint density at radius 3 is 2.72 bits per heavy atom. The van der Waals surface area contributed by atoms with E-state index in [2.05, 4.69) is 24.4 Å². The van der Waals surface area contributed by atoms with Crippen molar-refractivity contribution in [1.82, 2.24) is 5.43 Å². The molecule has 1 rings (SSSR count). The summed E-state index contributed by atoms with van der Waals surface area (Å²) in [7, 11) is 0. The number of carbonyl (C=O) groups is 1. The zero-order valence-corrected chi connectivity index (χ0v) is 12.1. The molecule has 5 heteroatoms. The molecular weight excluding hydrogens is 271 g/mol. The second-order valence-electron chi connectivity index (χ2n) is 4.13. The number of carbonyl (C=O) groups excluding carboxylic acids is 1. The van der Waals surface area contributed by atoms with E-state index in [1.54, 1.807) is 12.1 Å². The molecule has 0 unspecified atom stereocenters. The largest absolute Gasteiger partial charge is 0.272 e. The highest BCUT2D eigenvalue weighted by Gasteiger charge is 2.11. The van der Waals surface area contributed by atoms with Gasteiger partial charge in [-0.2, -0.15) is 5.10 Å². The molecule has 1 aromatic carbocycles. The highest BCUT2D eigenvalue weighted by Crippen LogP contribution is 2.20. The van der Waals surface area contributed by atoms with Gasteiger partial charge in [-0.25, -0.2) is 5.43 Å². The molecule has 0 aliphatic carbocycles. The molecule has 1 aromatic rings. The van der Waals surface area contributed by atoms with Gasteiger partial charge < -0.3 is 0 Å². The van der Waals surface area contributed by atoms with Crippen molar-refractivity contribution >= 4 is 34.8 Å². The molecular formula is C13H16Cl2N2O. The molecule has 0 saturated heterocycles. The van der Waals surface area contributed by atoms with Crippen LogP contribution in [0.15, 0.2) is 23.3 Å². The van der Waals surface area contributed by atoms with Crippen LogP contribution in [0, 0.1) is 5.92 Å². The van der Waals surface area contributed by atoms with Crippen molar-refractivity contribution in [1.29, 1.82) is 0 Å². The molecule has 1 N–H and O–H groups in total. The van der Waals surface area contributed by atoms with E-state index in [-0.39, 0.29) is 5.91 Å². The van der Waals surface area contributed by atoms with Crippen molar-refractivity contribution in [2.75, 3.05) is 0 Å². The monoisotopic (exact) mass is 286 g/mol. The number of hydrogen-bond acceptors (Lipinski definition) is 2. The van der Waals surface area contributed by atoms with Crippen LogP contribution in [-0.4, -0.2) is 11.6 Å². The van der Waals surface area contributed by atoms with Crippen molar-refractivity contribution in [2.45, 2.75) is 27.2 Å². The third kappa shape index (κ3) is 4.00. The Hall–Kier alpha value is -1.06. The van der Waals surface area contributed by atoms with Gasteiger partial charge in [0.15, 0.2) is 0 Å². The third-order valence-corrected chi connectivity index (χ3v) is 3.40. The summed E-state index contributed by atoms with van der Waals surface area (Å²) in [5.74, 6) is -0.0229. The fourth-order valence-corrected chi connectivity index (χ4v) is 1.65. The number of hydrazone groups is 1. The Morgan fingerprint density at radius 2 is 2.11 bits per heavy atom. The molecule has 0 aliphatic heterocycles. The summed E-state index contributed by atoms with van der Waals surface area (Å²) in [5.41, 5.74) is 3.69. The van der Waals surface area contributed by atoms with Gasteiger partial charge in [-0.1, -0.05) is 37.0 Å². The van der Waals surface area contributed by atoms with E-state index in [0.29, 0.717) is 21.5 Å². The van der Waals surface area contributed by atoms with Crippen LogP contribution in [0.2, 0.25) is 10.0 Å². The third-order valence-electron chi connectivity index (χ3n) is 2.83. The van der Waals surface area contributed by atoms with Crippen LogP contribution in [0.5, 0.6) is 0 Å². The van der Waals surface area contributed by atoms with Crippen LogP contribution in [-0.2, 0) is 0 Å². The average molecular weight is 287 g/mol. The lowest BCUT2D eigenvalue weighted by atomic mass is 10.1. The molecule has 0 radical (unpaired) electrons. The van der Waals surface area contributed by atoms with E-state index < -0.39 is 0 Å². The lowest BCUT2D eigenvalue weighted by Crippen LogP contribution is -2.21. The Morgan fingerprint density at radius 1 is 1.44 bits per heavy atom.